The van der Waals surface area contributed by atoms with Crippen LogP contribution in [-0.2, 0) is 24.1 Å². The molecule has 1 N–H and O–H groups in total. The first-order valence-electron chi connectivity index (χ1n) is 9.91. The Morgan fingerprint density at radius 3 is 2.57 bits per heavy atom. The fraction of sp³-hybridized carbons (Fsp3) is 0.435. The van der Waals surface area contributed by atoms with E-state index in [2.05, 4.69) is 13.0 Å². The molecule has 4 nitrogen and oxygen atoms in total. The lowest BCUT2D eigenvalue weighted by molar-refractivity contribution is -0.132. The second kappa shape index (κ2) is 7.76. The molecule has 0 radical (unpaired) electrons. The van der Waals surface area contributed by atoms with E-state index in [1.54, 1.807) is 0 Å². The molecule has 0 aliphatic carbocycles. The zero-order chi connectivity index (χ0) is 19.7. The van der Waals surface area contributed by atoms with Crippen LogP contribution in [0.15, 0.2) is 42.5 Å². The summed E-state index contributed by atoms with van der Waals surface area (Å²) in [4.78, 5) is 14.4. The number of ether oxygens (including phenoxy) is 1. The molecule has 1 amide bonds. The van der Waals surface area contributed by atoms with E-state index >= 15 is 0 Å². The van der Waals surface area contributed by atoms with Gasteiger partial charge in [0.2, 0.25) is 5.91 Å². The van der Waals surface area contributed by atoms with E-state index < -0.39 is 0 Å². The number of likely N-dealkylation sites (tertiary alicyclic amines) is 1. The molecule has 1 saturated heterocycles. The van der Waals surface area contributed by atoms with Gasteiger partial charge in [0.1, 0.15) is 11.4 Å². The summed E-state index contributed by atoms with van der Waals surface area (Å²) in [6, 6.07) is 14.0. The molecule has 4 rings (SSSR count). The lowest BCUT2D eigenvalue weighted by Crippen LogP contribution is -2.40. The molecule has 0 bridgehead atoms. The van der Waals surface area contributed by atoms with Crippen LogP contribution in [0.25, 0.3) is 0 Å². The van der Waals surface area contributed by atoms with Gasteiger partial charge in [0.05, 0.1) is 12.5 Å². The van der Waals surface area contributed by atoms with Crippen molar-refractivity contribution in [3.05, 3.63) is 64.2 Å². The molecule has 0 aromatic heterocycles. The van der Waals surface area contributed by atoms with Gasteiger partial charge in [-0.05, 0) is 54.7 Å². The Morgan fingerprint density at radius 2 is 1.86 bits per heavy atom. The molecule has 1 unspecified atom stereocenters. The van der Waals surface area contributed by atoms with Crippen LogP contribution in [0.5, 0.6) is 5.75 Å². The Bertz CT molecular complexity index is 859. The van der Waals surface area contributed by atoms with Crippen molar-refractivity contribution < 1.29 is 14.6 Å². The van der Waals surface area contributed by atoms with Gasteiger partial charge in [-0.15, -0.1) is 0 Å². The summed E-state index contributed by atoms with van der Waals surface area (Å²) in [6.07, 6.45) is 3.11. The number of piperidine rings is 1. The third-order valence-electron chi connectivity index (χ3n) is 5.71. The van der Waals surface area contributed by atoms with Gasteiger partial charge in [-0.3, -0.25) is 4.79 Å². The zero-order valence-corrected chi connectivity index (χ0v) is 16.9. The van der Waals surface area contributed by atoms with Gasteiger partial charge in [-0.2, -0.15) is 0 Å². The number of halogens is 1. The summed E-state index contributed by atoms with van der Waals surface area (Å²) in [5.41, 5.74) is 3.09. The minimum Gasteiger partial charge on any atom is -0.487 e. The predicted molar refractivity (Wildman–Crippen MR) is 110 cm³/mol. The zero-order valence-electron chi connectivity index (χ0n) is 16.2. The number of benzene rings is 2. The molecule has 2 aliphatic heterocycles. The highest BCUT2D eigenvalue weighted by Gasteiger charge is 2.35. The number of carbonyl (C=O) groups excluding carboxylic acids is 1. The Morgan fingerprint density at radius 1 is 1.18 bits per heavy atom. The number of carbonyl (C=O) groups is 1. The molecule has 1 atom stereocenters. The number of hydrogen-bond acceptors (Lipinski definition) is 3. The van der Waals surface area contributed by atoms with Crippen molar-refractivity contribution in [3.8, 4) is 5.75 Å². The molecular formula is C23H26ClNO3. The average Bonchev–Trinajstić information content (AvgIpc) is 2.99. The smallest absolute Gasteiger partial charge is 0.226 e. The molecule has 2 heterocycles. The lowest BCUT2D eigenvalue weighted by Gasteiger charge is -2.29. The summed E-state index contributed by atoms with van der Waals surface area (Å²) in [5.74, 6) is 1.04. The normalized spacial score (nSPS) is 22.0. The first-order valence-corrected chi connectivity index (χ1v) is 10.3. The van der Waals surface area contributed by atoms with E-state index in [0.717, 1.165) is 34.7 Å². The summed E-state index contributed by atoms with van der Waals surface area (Å²) >= 11 is 5.98. The van der Waals surface area contributed by atoms with Crippen molar-refractivity contribution in [2.45, 2.75) is 50.7 Å². The monoisotopic (exact) mass is 399 g/mol. The van der Waals surface area contributed by atoms with Gasteiger partial charge >= 0.3 is 0 Å². The van der Waals surface area contributed by atoms with Crippen molar-refractivity contribution in [2.24, 2.45) is 0 Å². The SMILES string of the molecule is CC1(Cc2ccc(Cl)cc2)Cc2cc(CC(=O)N3CCC(O)CC3)ccc2O1. The molecular weight excluding hydrogens is 374 g/mol. The van der Waals surface area contributed by atoms with Crippen LogP contribution in [0.3, 0.4) is 0 Å². The maximum Gasteiger partial charge on any atom is 0.226 e. The second-order valence-electron chi connectivity index (χ2n) is 8.26. The van der Waals surface area contributed by atoms with Gasteiger partial charge in [-0.25, -0.2) is 0 Å². The highest BCUT2D eigenvalue weighted by Crippen LogP contribution is 2.37. The van der Waals surface area contributed by atoms with Crippen LogP contribution < -0.4 is 4.74 Å². The van der Waals surface area contributed by atoms with Crippen LogP contribution in [0.2, 0.25) is 5.02 Å². The van der Waals surface area contributed by atoms with Crippen LogP contribution in [0.1, 0.15) is 36.5 Å². The summed E-state index contributed by atoms with van der Waals surface area (Å²) < 4.78 is 6.26. The van der Waals surface area contributed by atoms with E-state index in [0.29, 0.717) is 32.4 Å². The third-order valence-corrected chi connectivity index (χ3v) is 5.96. The fourth-order valence-electron chi connectivity index (χ4n) is 4.22. The van der Waals surface area contributed by atoms with Gasteiger partial charge in [0.15, 0.2) is 0 Å². The topological polar surface area (TPSA) is 49.8 Å². The summed E-state index contributed by atoms with van der Waals surface area (Å²) in [7, 11) is 0. The minimum absolute atomic E-state index is 0.134. The molecule has 2 aromatic carbocycles. The van der Waals surface area contributed by atoms with E-state index in [1.165, 1.54) is 5.56 Å². The highest BCUT2D eigenvalue weighted by molar-refractivity contribution is 6.30. The number of amides is 1. The van der Waals surface area contributed by atoms with Gasteiger partial charge in [-0.1, -0.05) is 35.9 Å². The van der Waals surface area contributed by atoms with Crippen molar-refractivity contribution in [3.63, 3.8) is 0 Å². The average molecular weight is 400 g/mol. The second-order valence-corrected chi connectivity index (χ2v) is 8.70. The summed E-state index contributed by atoms with van der Waals surface area (Å²) in [5, 5.41) is 10.4. The van der Waals surface area contributed by atoms with Crippen LogP contribution in [-0.4, -0.2) is 40.7 Å². The number of nitrogens with zero attached hydrogens (tertiary/aromatic N) is 1. The summed E-state index contributed by atoms with van der Waals surface area (Å²) in [6.45, 7) is 3.42. The molecule has 2 aliphatic rings. The van der Waals surface area contributed by atoms with E-state index in [-0.39, 0.29) is 17.6 Å². The van der Waals surface area contributed by atoms with Gasteiger partial charge < -0.3 is 14.7 Å². The number of aliphatic hydroxyl groups is 1. The Labute approximate surface area is 171 Å². The molecule has 148 valence electrons. The van der Waals surface area contributed by atoms with E-state index in [4.69, 9.17) is 16.3 Å². The van der Waals surface area contributed by atoms with Crippen molar-refractivity contribution in [1.82, 2.24) is 4.90 Å². The number of hydrogen-bond donors (Lipinski definition) is 1. The molecule has 2 aromatic rings. The van der Waals surface area contributed by atoms with Crippen molar-refractivity contribution >= 4 is 17.5 Å². The van der Waals surface area contributed by atoms with Crippen LogP contribution in [0.4, 0.5) is 0 Å². The van der Waals surface area contributed by atoms with Crippen molar-refractivity contribution in [1.29, 1.82) is 0 Å². The van der Waals surface area contributed by atoms with Gasteiger partial charge in [0, 0.05) is 31.0 Å². The first-order chi connectivity index (χ1) is 13.4. The standard InChI is InChI=1S/C23H26ClNO3/c1-23(14-16-2-5-19(24)6-3-16)15-18-12-17(4-7-21(18)28-23)13-22(27)25-10-8-20(26)9-11-25/h2-7,12,20,26H,8-11,13-15H2,1H3. The molecule has 28 heavy (non-hydrogen) atoms. The largest absolute Gasteiger partial charge is 0.487 e. The van der Waals surface area contributed by atoms with Crippen LogP contribution >= 0.6 is 11.6 Å². The maximum absolute atomic E-state index is 12.6. The lowest BCUT2D eigenvalue weighted by atomic mass is 9.91. The molecule has 5 heteroatoms. The van der Waals surface area contributed by atoms with Crippen LogP contribution in [0, 0.1) is 0 Å². The third kappa shape index (κ3) is 4.34. The van der Waals surface area contributed by atoms with Gasteiger partial charge in [0.25, 0.3) is 0 Å². The Balaban J connectivity index is 1.41. The molecule has 0 saturated carbocycles. The van der Waals surface area contributed by atoms with Crippen molar-refractivity contribution in [2.75, 3.05) is 13.1 Å². The maximum atomic E-state index is 12.6. The molecule has 0 spiro atoms. The number of rotatable bonds is 4. The fourth-order valence-corrected chi connectivity index (χ4v) is 4.35. The quantitative estimate of drug-likeness (QED) is 0.850. The molecule has 1 fully saturated rings. The Kier molecular flexibility index (Phi) is 5.35. The Hall–Kier alpha value is -2.04. The number of fused-ring (bicyclic) bond motifs is 1. The first kappa shape index (κ1) is 19.3. The van der Waals surface area contributed by atoms with E-state index in [1.807, 2.05) is 41.3 Å². The highest BCUT2D eigenvalue weighted by atomic mass is 35.5. The minimum atomic E-state index is -0.290. The van der Waals surface area contributed by atoms with E-state index in [9.17, 15) is 9.90 Å². The number of aliphatic hydroxyl groups excluding tert-OH is 1. The predicted octanol–water partition coefficient (Wildman–Crippen LogP) is 3.80.